The van der Waals surface area contributed by atoms with Gasteiger partial charge >= 0.3 is 5.63 Å². The quantitative estimate of drug-likeness (QED) is 0.345. The molecule has 0 radical (unpaired) electrons. The first-order valence-electron chi connectivity index (χ1n) is 8.25. The van der Waals surface area contributed by atoms with Gasteiger partial charge in [-0.2, -0.15) is 0 Å². The average Bonchev–Trinajstić information content (AvgIpc) is 3.15. The molecule has 140 valence electrons. The first kappa shape index (κ1) is 18.7. The zero-order valence-electron chi connectivity index (χ0n) is 14.3. The molecular weight excluding hydrogens is 416 g/mol. The van der Waals surface area contributed by atoms with E-state index in [2.05, 4.69) is 10.3 Å². The van der Waals surface area contributed by atoms with E-state index in [0.717, 1.165) is 10.3 Å². The van der Waals surface area contributed by atoms with Crippen LogP contribution in [0.15, 0.2) is 74.1 Å². The molecular formula is C20H13ClN2O3S2. The maximum Gasteiger partial charge on any atom is 0.345 e. The van der Waals surface area contributed by atoms with E-state index in [1.165, 1.54) is 23.1 Å². The van der Waals surface area contributed by atoms with Gasteiger partial charge in [-0.15, -0.1) is 23.1 Å². The molecule has 0 aliphatic heterocycles. The number of carbonyl (C=O) groups excluding carboxylic acids is 1. The lowest BCUT2D eigenvalue weighted by Crippen LogP contribution is -2.13. The molecule has 1 amide bonds. The van der Waals surface area contributed by atoms with Crippen molar-refractivity contribution in [3.8, 4) is 11.3 Å². The van der Waals surface area contributed by atoms with Crippen molar-refractivity contribution in [3.63, 3.8) is 0 Å². The van der Waals surface area contributed by atoms with Gasteiger partial charge < -0.3 is 9.73 Å². The number of amides is 1. The van der Waals surface area contributed by atoms with Gasteiger partial charge in [0, 0.05) is 20.7 Å². The minimum Gasteiger partial charge on any atom is -0.422 e. The number of hydrogen-bond donors (Lipinski definition) is 1. The smallest absolute Gasteiger partial charge is 0.345 e. The fourth-order valence-corrected chi connectivity index (χ4v) is 4.08. The van der Waals surface area contributed by atoms with Crippen LogP contribution in [-0.2, 0) is 4.79 Å². The Morgan fingerprint density at radius 2 is 1.96 bits per heavy atom. The van der Waals surface area contributed by atoms with Gasteiger partial charge in [-0.1, -0.05) is 29.8 Å². The van der Waals surface area contributed by atoms with Gasteiger partial charge in [0.15, 0.2) is 5.13 Å². The molecule has 0 bridgehead atoms. The molecule has 2 heterocycles. The Hall–Kier alpha value is -2.61. The van der Waals surface area contributed by atoms with Crippen LogP contribution >= 0.6 is 34.7 Å². The number of para-hydroxylation sites is 1. The highest BCUT2D eigenvalue weighted by molar-refractivity contribution is 8.00. The second-order valence-electron chi connectivity index (χ2n) is 5.81. The number of thiazole rings is 1. The molecule has 0 unspecified atom stereocenters. The molecule has 2 aromatic heterocycles. The van der Waals surface area contributed by atoms with Gasteiger partial charge in [-0.3, -0.25) is 4.79 Å². The summed E-state index contributed by atoms with van der Waals surface area (Å²) in [5, 5.41) is 6.39. The van der Waals surface area contributed by atoms with E-state index in [1.807, 2.05) is 30.3 Å². The SMILES string of the molecule is O=C(CSc1ccc(Cl)cc1)Nc1nc(-c2cc3ccccc3oc2=O)cs1. The highest BCUT2D eigenvalue weighted by Crippen LogP contribution is 2.26. The van der Waals surface area contributed by atoms with Gasteiger partial charge in [0.05, 0.1) is 17.0 Å². The lowest BCUT2D eigenvalue weighted by Gasteiger charge is -2.02. The fourth-order valence-electron chi connectivity index (χ4n) is 2.53. The zero-order valence-corrected chi connectivity index (χ0v) is 16.7. The third-order valence-electron chi connectivity index (χ3n) is 3.85. The van der Waals surface area contributed by atoms with Gasteiger partial charge in [0.1, 0.15) is 5.58 Å². The van der Waals surface area contributed by atoms with Crippen LogP contribution in [0.1, 0.15) is 0 Å². The Kier molecular flexibility index (Phi) is 5.47. The summed E-state index contributed by atoms with van der Waals surface area (Å²) >= 11 is 8.52. The number of benzene rings is 2. The second-order valence-corrected chi connectivity index (χ2v) is 8.16. The van der Waals surface area contributed by atoms with Crippen molar-refractivity contribution in [2.24, 2.45) is 0 Å². The topological polar surface area (TPSA) is 72.2 Å². The largest absolute Gasteiger partial charge is 0.422 e. The lowest BCUT2D eigenvalue weighted by molar-refractivity contribution is -0.113. The van der Waals surface area contributed by atoms with Crippen molar-refractivity contribution in [1.29, 1.82) is 0 Å². The molecule has 0 fully saturated rings. The molecule has 4 rings (SSSR count). The summed E-state index contributed by atoms with van der Waals surface area (Å²) < 4.78 is 5.34. The number of fused-ring (bicyclic) bond motifs is 1. The van der Waals surface area contributed by atoms with Crippen LogP contribution in [0.2, 0.25) is 5.02 Å². The van der Waals surface area contributed by atoms with E-state index < -0.39 is 5.63 Å². The van der Waals surface area contributed by atoms with Crippen LogP contribution in [0.4, 0.5) is 5.13 Å². The summed E-state index contributed by atoms with van der Waals surface area (Å²) in [4.78, 5) is 29.7. The molecule has 0 spiro atoms. The summed E-state index contributed by atoms with van der Waals surface area (Å²) in [6.45, 7) is 0. The Labute approximate surface area is 173 Å². The van der Waals surface area contributed by atoms with E-state index in [4.69, 9.17) is 16.0 Å². The number of aromatic nitrogens is 1. The Bertz CT molecular complexity index is 1200. The van der Waals surface area contributed by atoms with Crippen LogP contribution in [0.25, 0.3) is 22.2 Å². The van der Waals surface area contributed by atoms with Crippen molar-refractivity contribution >= 4 is 56.7 Å². The van der Waals surface area contributed by atoms with Crippen LogP contribution in [0.5, 0.6) is 0 Å². The van der Waals surface area contributed by atoms with Gasteiger partial charge in [-0.05, 0) is 36.4 Å². The minimum absolute atomic E-state index is 0.175. The molecule has 5 nitrogen and oxygen atoms in total. The maximum absolute atomic E-state index is 12.2. The first-order valence-corrected chi connectivity index (χ1v) is 10.5. The van der Waals surface area contributed by atoms with Gasteiger partial charge in [-0.25, -0.2) is 9.78 Å². The average molecular weight is 429 g/mol. The molecule has 0 saturated heterocycles. The van der Waals surface area contributed by atoms with E-state index in [1.54, 1.807) is 29.6 Å². The molecule has 1 N–H and O–H groups in total. The standard InChI is InChI=1S/C20H13ClN2O3S2/c21-13-5-7-14(8-6-13)27-11-18(24)23-20-22-16(10-28-20)15-9-12-3-1-2-4-17(12)26-19(15)25/h1-10H,11H2,(H,22,23,24). The van der Waals surface area contributed by atoms with Crippen molar-refractivity contribution < 1.29 is 9.21 Å². The summed E-state index contributed by atoms with van der Waals surface area (Å²) in [7, 11) is 0. The van der Waals surface area contributed by atoms with Crippen LogP contribution in [0, 0.1) is 0 Å². The maximum atomic E-state index is 12.2. The Balaban J connectivity index is 1.45. The number of rotatable bonds is 5. The third kappa shape index (κ3) is 4.27. The van der Waals surface area contributed by atoms with Gasteiger partial charge in [0.25, 0.3) is 0 Å². The van der Waals surface area contributed by atoms with Crippen LogP contribution in [-0.4, -0.2) is 16.6 Å². The molecule has 0 atom stereocenters. The molecule has 0 aliphatic rings. The summed E-state index contributed by atoms with van der Waals surface area (Å²) in [5.74, 6) is 0.0701. The Morgan fingerprint density at radius 3 is 2.79 bits per heavy atom. The van der Waals surface area contributed by atoms with Crippen LogP contribution in [0.3, 0.4) is 0 Å². The molecule has 8 heteroatoms. The van der Waals surface area contributed by atoms with E-state index >= 15 is 0 Å². The summed E-state index contributed by atoms with van der Waals surface area (Å²) in [5.41, 5.74) is 0.913. The molecule has 4 aromatic rings. The number of carbonyl (C=O) groups is 1. The van der Waals surface area contributed by atoms with E-state index in [9.17, 15) is 9.59 Å². The highest BCUT2D eigenvalue weighted by Gasteiger charge is 2.13. The number of nitrogens with zero attached hydrogens (tertiary/aromatic N) is 1. The Morgan fingerprint density at radius 1 is 1.18 bits per heavy atom. The lowest BCUT2D eigenvalue weighted by atomic mass is 10.1. The summed E-state index contributed by atoms with van der Waals surface area (Å²) in [6, 6.07) is 16.3. The third-order valence-corrected chi connectivity index (χ3v) is 5.87. The predicted octanol–water partition coefficient (Wildman–Crippen LogP) is 5.30. The van der Waals surface area contributed by atoms with Crippen molar-refractivity contribution in [2.75, 3.05) is 11.1 Å². The first-order chi connectivity index (χ1) is 13.6. The monoisotopic (exact) mass is 428 g/mol. The zero-order chi connectivity index (χ0) is 19.5. The predicted molar refractivity (Wildman–Crippen MR) is 114 cm³/mol. The molecule has 0 saturated carbocycles. The van der Waals surface area contributed by atoms with Crippen molar-refractivity contribution in [3.05, 3.63) is 75.4 Å². The number of nitrogens with one attached hydrogen (secondary N) is 1. The number of anilines is 1. The highest BCUT2D eigenvalue weighted by atomic mass is 35.5. The molecule has 2 aromatic carbocycles. The summed E-state index contributed by atoms with van der Waals surface area (Å²) in [6.07, 6.45) is 0. The second kappa shape index (κ2) is 8.18. The van der Waals surface area contributed by atoms with Crippen molar-refractivity contribution in [2.45, 2.75) is 4.90 Å². The van der Waals surface area contributed by atoms with Gasteiger partial charge in [0.2, 0.25) is 5.91 Å². The molecule has 0 aliphatic carbocycles. The minimum atomic E-state index is -0.458. The van der Waals surface area contributed by atoms with E-state index in [-0.39, 0.29) is 11.7 Å². The normalized spacial score (nSPS) is 10.9. The fraction of sp³-hybridized carbons (Fsp3) is 0.0500. The van der Waals surface area contributed by atoms with Crippen molar-refractivity contribution in [1.82, 2.24) is 4.98 Å². The van der Waals surface area contributed by atoms with Crippen LogP contribution < -0.4 is 10.9 Å². The van der Waals surface area contributed by atoms with E-state index in [0.29, 0.717) is 27.0 Å². The number of halogens is 1. The number of thioether (sulfide) groups is 1. The molecule has 28 heavy (non-hydrogen) atoms. The number of hydrogen-bond acceptors (Lipinski definition) is 6.